The fraction of sp³-hybridized carbons (Fsp3) is 0.185. The summed E-state index contributed by atoms with van der Waals surface area (Å²) in [4.78, 5) is 50.7. The van der Waals surface area contributed by atoms with Crippen LogP contribution >= 0.6 is 0 Å². The Labute approximate surface area is 253 Å². The van der Waals surface area contributed by atoms with E-state index in [9.17, 15) is 28.1 Å². The number of carbonyl (C=O) groups excluding carboxylic acids is 2. The maximum Gasteiger partial charge on any atom is 0.418 e. The number of fused-ring (bicyclic) bond motifs is 4. The van der Waals surface area contributed by atoms with Crippen LogP contribution in [0.2, 0.25) is 0 Å². The molecule has 4 heterocycles. The predicted octanol–water partition coefficient (Wildman–Crippen LogP) is 5.20. The van der Waals surface area contributed by atoms with Gasteiger partial charge in [0, 0.05) is 47.8 Å². The number of aromatic nitrogens is 3. The molecule has 0 aliphatic carbocycles. The molecule has 18 heteroatoms. The minimum absolute atomic E-state index is 0.00268. The fourth-order valence-corrected chi connectivity index (χ4v) is 6.02. The molecule has 0 saturated heterocycles. The van der Waals surface area contributed by atoms with Crippen molar-refractivity contribution in [1.29, 1.82) is 0 Å². The number of anilines is 2. The molecule has 0 fully saturated rings. The summed E-state index contributed by atoms with van der Waals surface area (Å²) in [7, 11) is -3.95. The molecule has 1 atom stereocenters. The number of carbonyl (C=O) groups is 2. The Morgan fingerprint density at radius 1 is 1.24 bits per heavy atom. The lowest BCUT2D eigenvalue weighted by atomic mass is 9.95. The van der Waals surface area contributed by atoms with Gasteiger partial charge in [-0.05, 0) is 53.9 Å². The van der Waals surface area contributed by atoms with Crippen LogP contribution in [0.3, 0.4) is 0 Å². The Hall–Kier alpha value is -6.00. The molecule has 0 bridgehead atoms. The van der Waals surface area contributed by atoms with Gasteiger partial charge in [-0.3, -0.25) is 20.2 Å². The Morgan fingerprint density at radius 3 is 2.73 bits per heavy atom. The van der Waals surface area contributed by atoms with Crippen molar-refractivity contribution in [2.24, 2.45) is 5.11 Å². The lowest BCUT2D eigenvalue weighted by Gasteiger charge is -2.18. The lowest BCUT2D eigenvalue weighted by molar-refractivity contribution is -0.383. The van der Waals surface area contributed by atoms with Crippen molar-refractivity contribution in [2.45, 2.75) is 12.8 Å². The molecule has 1 unspecified atom stereocenters. The van der Waals surface area contributed by atoms with Crippen LogP contribution in [0.1, 0.15) is 27.5 Å². The number of aryl methyl sites for hydroxylation is 1. The highest BCUT2D eigenvalue weighted by atomic mass is 32.2. The zero-order valence-corrected chi connectivity index (χ0v) is 24.3. The van der Waals surface area contributed by atoms with Gasteiger partial charge in [-0.2, -0.15) is 8.42 Å². The smallest absolute Gasteiger partial charge is 0.403 e. The van der Waals surface area contributed by atoms with E-state index >= 15 is 0 Å². The van der Waals surface area contributed by atoms with E-state index in [-0.39, 0.29) is 41.2 Å². The summed E-state index contributed by atoms with van der Waals surface area (Å²) < 4.78 is 34.7. The second kappa shape index (κ2) is 10.9. The quantitative estimate of drug-likeness (QED) is 0.0441. The van der Waals surface area contributed by atoms with E-state index in [0.717, 1.165) is 11.8 Å². The van der Waals surface area contributed by atoms with Crippen molar-refractivity contribution in [1.82, 2.24) is 15.0 Å². The summed E-state index contributed by atoms with van der Waals surface area (Å²) in [5, 5.41) is 18.9. The molecule has 2 aromatic carbocycles. The van der Waals surface area contributed by atoms with Crippen molar-refractivity contribution in [3.63, 3.8) is 0 Å². The van der Waals surface area contributed by atoms with Crippen LogP contribution in [0.15, 0.2) is 53.9 Å². The SMILES string of the molecule is Cc1c[nH]c2c(OS(C)(=O)=O)cc3c(c12)C(CN=[N+]=[N-])CN3C(=O)c1cc2c([N+](=O)[O-])c(OC(=O)Nc3ccc[nH]3)ccc2[nH]1. The van der Waals surface area contributed by atoms with Crippen LogP contribution in [0.4, 0.5) is 22.0 Å². The van der Waals surface area contributed by atoms with Crippen LogP contribution in [0, 0.1) is 17.0 Å². The first-order valence-electron chi connectivity index (χ1n) is 13.2. The zero-order valence-electron chi connectivity index (χ0n) is 23.5. The molecule has 6 rings (SSSR count). The van der Waals surface area contributed by atoms with Crippen LogP contribution in [-0.4, -0.2) is 59.6 Å². The first-order valence-corrected chi connectivity index (χ1v) is 15.1. The standard InChI is InChI=1S/C27H23N9O8S/c1-13-10-30-24-20(44-45(2,41)42)9-18-23(22(13)24)14(11-31-34-28)12-35(18)26(37)17-8-15-16(32-17)5-6-19(25(15)36(39)40)43-27(38)33-21-4-3-7-29-21/h3-10,14,29-30,32H,11-12H2,1-2H3,(H,33,38). The molecule has 0 saturated carbocycles. The highest BCUT2D eigenvalue weighted by Crippen LogP contribution is 2.47. The molecule has 17 nitrogen and oxygen atoms in total. The highest BCUT2D eigenvalue weighted by Gasteiger charge is 2.37. The van der Waals surface area contributed by atoms with Gasteiger partial charge in [0.1, 0.15) is 11.5 Å². The average Bonchev–Trinajstić information content (AvgIpc) is 3.77. The number of hydrogen-bond donors (Lipinski definition) is 4. The molecule has 4 N–H and O–H groups in total. The molecule has 0 radical (unpaired) electrons. The second-order valence-electron chi connectivity index (χ2n) is 10.3. The van der Waals surface area contributed by atoms with Crippen LogP contribution < -0.4 is 19.1 Å². The van der Waals surface area contributed by atoms with Crippen molar-refractivity contribution >= 4 is 61.1 Å². The third kappa shape index (κ3) is 5.34. The molecule has 230 valence electrons. The number of hydrogen-bond acceptors (Lipinski definition) is 9. The molecule has 45 heavy (non-hydrogen) atoms. The largest absolute Gasteiger partial charge is 0.418 e. The summed E-state index contributed by atoms with van der Waals surface area (Å²) in [5.74, 6) is -1.12. The Kier molecular flexibility index (Phi) is 7.06. The lowest BCUT2D eigenvalue weighted by Crippen LogP contribution is -2.30. The number of nitrogens with zero attached hydrogens (tertiary/aromatic N) is 5. The van der Waals surface area contributed by atoms with Gasteiger partial charge in [0.15, 0.2) is 5.75 Å². The molecule has 0 spiro atoms. The minimum Gasteiger partial charge on any atom is -0.403 e. The van der Waals surface area contributed by atoms with Gasteiger partial charge in [0.25, 0.3) is 5.91 Å². The Balaban J connectivity index is 1.42. The number of nitrogens with one attached hydrogen (secondary N) is 4. The molecule has 3 aromatic heterocycles. The third-order valence-corrected chi connectivity index (χ3v) is 7.76. The summed E-state index contributed by atoms with van der Waals surface area (Å²) in [6.45, 7) is 1.86. The molecule has 1 aliphatic rings. The fourth-order valence-electron chi connectivity index (χ4n) is 5.56. The number of rotatable bonds is 8. The maximum atomic E-state index is 14.0. The van der Waals surface area contributed by atoms with Crippen molar-refractivity contribution in [3.05, 3.63) is 86.2 Å². The van der Waals surface area contributed by atoms with E-state index < -0.39 is 38.6 Å². The number of benzene rings is 2. The van der Waals surface area contributed by atoms with Gasteiger partial charge in [-0.25, -0.2) is 4.79 Å². The van der Waals surface area contributed by atoms with Gasteiger partial charge in [0.05, 0.1) is 33.3 Å². The van der Waals surface area contributed by atoms with Crippen molar-refractivity contribution in [2.75, 3.05) is 29.6 Å². The average molecular weight is 634 g/mol. The van der Waals surface area contributed by atoms with E-state index in [0.29, 0.717) is 28.0 Å². The number of H-pyrrole nitrogens is 3. The molecule has 1 aliphatic heterocycles. The predicted molar refractivity (Wildman–Crippen MR) is 162 cm³/mol. The summed E-state index contributed by atoms with van der Waals surface area (Å²) >= 11 is 0. The Bertz CT molecular complexity index is 2180. The first-order chi connectivity index (χ1) is 21.4. The molecule has 2 amide bonds. The zero-order chi connectivity index (χ0) is 32.0. The van der Waals surface area contributed by atoms with Crippen molar-refractivity contribution < 1.29 is 31.9 Å². The van der Waals surface area contributed by atoms with E-state index in [1.807, 2.05) is 0 Å². The molecular formula is C27H23N9O8S. The monoisotopic (exact) mass is 633 g/mol. The number of ether oxygens (including phenoxy) is 1. The van der Waals surface area contributed by atoms with E-state index in [4.69, 9.17) is 14.5 Å². The van der Waals surface area contributed by atoms with Crippen molar-refractivity contribution in [3.8, 4) is 11.5 Å². The summed E-state index contributed by atoms with van der Waals surface area (Å²) in [6, 6.07) is 8.57. The van der Waals surface area contributed by atoms with E-state index in [2.05, 4.69) is 30.3 Å². The summed E-state index contributed by atoms with van der Waals surface area (Å²) in [5.41, 5.74) is 10.8. The van der Waals surface area contributed by atoms with Gasteiger partial charge in [0.2, 0.25) is 5.75 Å². The maximum absolute atomic E-state index is 14.0. The number of amides is 2. The van der Waals surface area contributed by atoms with Gasteiger partial charge in [-0.15, -0.1) is 0 Å². The second-order valence-corrected chi connectivity index (χ2v) is 11.8. The van der Waals surface area contributed by atoms with Crippen LogP contribution in [0.5, 0.6) is 11.5 Å². The normalized spacial score (nSPS) is 14.3. The minimum atomic E-state index is -3.95. The highest BCUT2D eigenvalue weighted by molar-refractivity contribution is 7.86. The number of azide groups is 1. The van der Waals surface area contributed by atoms with Gasteiger partial charge in [-0.1, -0.05) is 5.11 Å². The van der Waals surface area contributed by atoms with Gasteiger partial charge >= 0.3 is 21.9 Å². The summed E-state index contributed by atoms with van der Waals surface area (Å²) in [6.07, 6.45) is 3.17. The third-order valence-electron chi connectivity index (χ3n) is 7.28. The first kappa shape index (κ1) is 29.1. The molecular weight excluding hydrogens is 610 g/mol. The molecule has 5 aromatic rings. The Morgan fingerprint density at radius 2 is 2.04 bits per heavy atom. The topological polar surface area (TPSA) is 241 Å². The number of nitro groups is 1. The number of nitro benzene ring substituents is 1. The van der Waals surface area contributed by atoms with E-state index in [1.54, 1.807) is 31.5 Å². The van der Waals surface area contributed by atoms with E-state index in [1.165, 1.54) is 29.2 Å². The van der Waals surface area contributed by atoms with Gasteiger partial charge < -0.3 is 28.8 Å². The van der Waals surface area contributed by atoms with Crippen LogP contribution in [0.25, 0.3) is 32.2 Å². The van der Waals surface area contributed by atoms with Crippen LogP contribution in [-0.2, 0) is 10.1 Å². The number of aromatic amines is 3.